The smallest absolute Gasteiger partial charge is 0.408 e. The first-order valence-corrected chi connectivity index (χ1v) is 15.2. The van der Waals surface area contributed by atoms with Gasteiger partial charge in [0, 0.05) is 35.3 Å². The van der Waals surface area contributed by atoms with Gasteiger partial charge >= 0.3 is 6.09 Å². The Bertz CT molecular complexity index is 1510. The van der Waals surface area contributed by atoms with Crippen molar-refractivity contribution in [3.8, 4) is 11.8 Å². The molecule has 4 saturated carbocycles. The average molecular weight is 590 g/mol. The number of methoxy groups -OCH3 is 1. The molecule has 1 aromatic carbocycles. The van der Waals surface area contributed by atoms with Crippen LogP contribution in [0.15, 0.2) is 30.6 Å². The van der Waals surface area contributed by atoms with Gasteiger partial charge in [0.1, 0.15) is 36.2 Å². The SMILES string of the molecule is COc1cccc2cncc(C(C#N)NC(=O)[C@@H]3[C@@H]4[C@H](CN3C(=O)[C@@H](NC(=O)OC3CC3)C3(C)CC3)[C@@H]3CC(F)[C@H]4C3)c12. The first kappa shape index (κ1) is 27.9. The van der Waals surface area contributed by atoms with Crippen molar-refractivity contribution in [1.29, 1.82) is 5.26 Å². The highest BCUT2D eigenvalue weighted by molar-refractivity contribution is 5.95. The molecule has 43 heavy (non-hydrogen) atoms. The fourth-order valence-corrected chi connectivity index (χ4v) is 7.97. The lowest BCUT2D eigenvalue weighted by Gasteiger charge is -2.35. The number of pyridine rings is 1. The summed E-state index contributed by atoms with van der Waals surface area (Å²) in [5.41, 5.74) is 0.0303. The highest BCUT2D eigenvalue weighted by atomic mass is 19.1. The van der Waals surface area contributed by atoms with Gasteiger partial charge in [0.15, 0.2) is 0 Å². The molecule has 10 nitrogen and oxygen atoms in total. The summed E-state index contributed by atoms with van der Waals surface area (Å²) in [5, 5.41) is 17.4. The molecule has 7 rings (SSSR count). The van der Waals surface area contributed by atoms with Gasteiger partial charge in [0.2, 0.25) is 11.8 Å². The first-order valence-electron chi connectivity index (χ1n) is 15.2. The van der Waals surface area contributed by atoms with E-state index in [1.165, 1.54) is 13.3 Å². The molecule has 226 valence electrons. The van der Waals surface area contributed by atoms with E-state index in [-0.39, 0.29) is 35.7 Å². The second-order valence-electron chi connectivity index (χ2n) is 13.3. The van der Waals surface area contributed by atoms with E-state index in [2.05, 4.69) is 21.7 Å². The van der Waals surface area contributed by atoms with Crippen LogP contribution in [0, 0.1) is 40.4 Å². The summed E-state index contributed by atoms with van der Waals surface area (Å²) in [6, 6.07) is 4.74. The number of fused-ring (bicyclic) bond motifs is 6. The lowest BCUT2D eigenvalue weighted by atomic mass is 9.77. The summed E-state index contributed by atoms with van der Waals surface area (Å²) in [5.74, 6) is -0.908. The second-order valence-corrected chi connectivity index (χ2v) is 13.3. The Kier molecular flexibility index (Phi) is 6.71. The van der Waals surface area contributed by atoms with Crippen LogP contribution in [0.2, 0.25) is 0 Å². The monoisotopic (exact) mass is 589 g/mol. The van der Waals surface area contributed by atoms with E-state index in [9.17, 15) is 19.6 Å². The van der Waals surface area contributed by atoms with Crippen LogP contribution in [-0.2, 0) is 14.3 Å². The minimum atomic E-state index is -1.08. The molecule has 5 aliphatic rings. The molecule has 2 N–H and O–H groups in total. The Morgan fingerprint density at radius 2 is 1.95 bits per heavy atom. The molecule has 5 fully saturated rings. The maximum Gasteiger partial charge on any atom is 0.408 e. The standard InChI is InChI=1S/C32H36FN5O5/c1-32(8-9-32)28(37-31(41)43-18-6-7-18)30(40)38-15-21-17-10-19(22(33)11-17)26(21)27(38)29(39)36-23(12-34)20-14-35-13-16-4-3-5-24(42-2)25(16)20/h3-5,13-14,17-19,21-23,26-28H,6-11,15H2,1-2H3,(H,36,39)(H,37,41)/t17-,19+,21+,22?,23?,26-,27-,28+/m0/s1. The van der Waals surface area contributed by atoms with Gasteiger partial charge in [-0.1, -0.05) is 19.1 Å². The number of aromatic nitrogens is 1. The van der Waals surface area contributed by atoms with Gasteiger partial charge in [-0.25, -0.2) is 9.18 Å². The zero-order valence-corrected chi connectivity index (χ0v) is 24.3. The third-order valence-corrected chi connectivity index (χ3v) is 10.6. The number of hydrogen-bond donors (Lipinski definition) is 2. The minimum absolute atomic E-state index is 0.0115. The molecule has 11 heteroatoms. The van der Waals surface area contributed by atoms with Gasteiger partial charge in [-0.3, -0.25) is 14.6 Å². The molecular weight excluding hydrogens is 553 g/mol. The number of benzene rings is 1. The molecular formula is C32H36FN5O5. The Labute approximate surface area is 249 Å². The summed E-state index contributed by atoms with van der Waals surface area (Å²) in [6.45, 7) is 2.27. The maximum absolute atomic E-state index is 15.1. The molecule has 0 radical (unpaired) electrons. The lowest BCUT2D eigenvalue weighted by Crippen LogP contribution is -2.58. The number of halogens is 1. The van der Waals surface area contributed by atoms with E-state index in [0.29, 0.717) is 36.1 Å². The number of alkyl halides is 1. The number of amides is 3. The van der Waals surface area contributed by atoms with E-state index in [0.717, 1.165) is 31.1 Å². The van der Waals surface area contributed by atoms with Crippen LogP contribution in [-0.4, -0.2) is 65.8 Å². The molecule has 4 aliphatic carbocycles. The molecule has 8 atom stereocenters. The molecule has 2 heterocycles. The van der Waals surface area contributed by atoms with Crippen LogP contribution in [0.1, 0.15) is 57.1 Å². The summed E-state index contributed by atoms with van der Waals surface area (Å²) >= 11 is 0. The van der Waals surface area contributed by atoms with Crippen molar-refractivity contribution in [2.75, 3.05) is 13.7 Å². The minimum Gasteiger partial charge on any atom is -0.496 e. The van der Waals surface area contributed by atoms with Crippen molar-refractivity contribution < 1.29 is 28.2 Å². The normalized spacial score (nSPS) is 31.1. The molecule has 2 unspecified atom stereocenters. The van der Waals surface area contributed by atoms with Crippen molar-refractivity contribution in [1.82, 2.24) is 20.5 Å². The molecule has 3 amide bonds. The third-order valence-electron chi connectivity index (χ3n) is 10.6. The number of nitriles is 1. The zero-order valence-electron chi connectivity index (χ0n) is 24.3. The fourth-order valence-electron chi connectivity index (χ4n) is 7.97. The maximum atomic E-state index is 15.1. The number of carbonyl (C=O) groups is 3. The highest BCUT2D eigenvalue weighted by Crippen LogP contribution is 2.59. The van der Waals surface area contributed by atoms with Crippen LogP contribution >= 0.6 is 0 Å². The van der Waals surface area contributed by atoms with Crippen molar-refractivity contribution >= 4 is 28.7 Å². The largest absolute Gasteiger partial charge is 0.496 e. The third kappa shape index (κ3) is 4.75. The molecule has 1 aromatic heterocycles. The van der Waals surface area contributed by atoms with Gasteiger partial charge in [-0.05, 0) is 73.7 Å². The average Bonchev–Trinajstić information content (AvgIpc) is 3.85. The van der Waals surface area contributed by atoms with E-state index in [4.69, 9.17) is 9.47 Å². The van der Waals surface area contributed by atoms with Crippen LogP contribution < -0.4 is 15.4 Å². The van der Waals surface area contributed by atoms with Crippen molar-refractivity contribution in [3.63, 3.8) is 0 Å². The number of hydrogen-bond acceptors (Lipinski definition) is 7. The molecule has 1 saturated heterocycles. The quantitative estimate of drug-likeness (QED) is 0.479. The Morgan fingerprint density at radius 3 is 2.65 bits per heavy atom. The number of alkyl carbamates (subject to hydrolysis) is 1. The van der Waals surface area contributed by atoms with Gasteiger partial charge in [-0.15, -0.1) is 0 Å². The van der Waals surface area contributed by atoms with Crippen molar-refractivity contribution in [2.45, 2.75) is 75.8 Å². The molecule has 0 spiro atoms. The summed E-state index contributed by atoms with van der Waals surface area (Å²) in [7, 11) is 1.54. The predicted molar refractivity (Wildman–Crippen MR) is 152 cm³/mol. The summed E-state index contributed by atoms with van der Waals surface area (Å²) in [4.78, 5) is 47.1. The Morgan fingerprint density at radius 1 is 1.16 bits per heavy atom. The lowest BCUT2D eigenvalue weighted by molar-refractivity contribution is -0.142. The second kappa shape index (κ2) is 10.4. The van der Waals surface area contributed by atoms with Gasteiger partial charge < -0.3 is 25.0 Å². The molecule has 2 bridgehead atoms. The first-order chi connectivity index (χ1) is 20.7. The molecule has 2 aromatic rings. The van der Waals surface area contributed by atoms with E-state index in [1.807, 2.05) is 19.1 Å². The number of nitrogens with zero attached hydrogens (tertiary/aromatic N) is 3. The van der Waals surface area contributed by atoms with Gasteiger partial charge in [0.25, 0.3) is 0 Å². The number of nitrogens with one attached hydrogen (secondary N) is 2. The van der Waals surface area contributed by atoms with Crippen LogP contribution in [0.25, 0.3) is 10.8 Å². The number of carbonyl (C=O) groups excluding carboxylic acids is 3. The zero-order chi connectivity index (χ0) is 30.0. The van der Waals surface area contributed by atoms with Crippen LogP contribution in [0.3, 0.4) is 0 Å². The summed E-state index contributed by atoms with van der Waals surface area (Å²) < 4.78 is 26.1. The van der Waals surface area contributed by atoms with E-state index in [1.54, 1.807) is 17.2 Å². The Hall–Kier alpha value is -3.94. The predicted octanol–water partition coefficient (Wildman–Crippen LogP) is 3.80. The van der Waals surface area contributed by atoms with Crippen molar-refractivity contribution in [2.24, 2.45) is 29.1 Å². The van der Waals surface area contributed by atoms with E-state index >= 15 is 4.39 Å². The topological polar surface area (TPSA) is 134 Å². The van der Waals surface area contributed by atoms with E-state index < -0.39 is 41.7 Å². The molecule has 1 aliphatic heterocycles. The number of likely N-dealkylation sites (tertiary alicyclic amines) is 1. The van der Waals surface area contributed by atoms with Gasteiger partial charge in [-0.2, -0.15) is 5.26 Å². The number of rotatable bonds is 8. The highest BCUT2D eigenvalue weighted by Gasteiger charge is 2.64. The van der Waals surface area contributed by atoms with Crippen LogP contribution in [0.4, 0.5) is 9.18 Å². The fraction of sp³-hybridized carbons (Fsp3) is 0.594. The van der Waals surface area contributed by atoms with Crippen molar-refractivity contribution in [3.05, 3.63) is 36.2 Å². The van der Waals surface area contributed by atoms with Crippen LogP contribution in [0.5, 0.6) is 5.75 Å². The van der Waals surface area contributed by atoms with Gasteiger partial charge in [0.05, 0.1) is 13.2 Å². The Balaban J connectivity index is 1.20. The summed E-state index contributed by atoms with van der Waals surface area (Å²) in [6.07, 6.45) is 5.71. The number of ether oxygens (including phenoxy) is 2.